The van der Waals surface area contributed by atoms with E-state index in [9.17, 15) is 8.42 Å². The second-order valence-electron chi connectivity index (χ2n) is 4.96. The highest BCUT2D eigenvalue weighted by atomic mass is 79.9. The number of alkyl halides is 2. The molecule has 0 N–H and O–H groups in total. The fraction of sp³-hybridized carbons (Fsp3) is 0.250. The Labute approximate surface area is 208 Å². The van der Waals surface area contributed by atoms with Crippen LogP contribution in [0.1, 0.15) is 0 Å². The molecule has 2 aromatic rings. The molecule has 11 heteroatoms. The van der Waals surface area contributed by atoms with Gasteiger partial charge in [0.25, 0.3) is 0 Å². The van der Waals surface area contributed by atoms with Crippen molar-refractivity contribution in [1.29, 1.82) is 0 Å². The summed E-state index contributed by atoms with van der Waals surface area (Å²) in [5.74, 6) is 0.860. The van der Waals surface area contributed by atoms with Gasteiger partial charge in [0, 0.05) is 10.7 Å². The van der Waals surface area contributed by atoms with E-state index in [2.05, 4.69) is 95.6 Å². The molecule has 0 aliphatic carbocycles. The molecule has 0 unspecified atom stereocenters. The summed E-state index contributed by atoms with van der Waals surface area (Å²) in [6.45, 7) is 0.792. The van der Waals surface area contributed by atoms with Crippen molar-refractivity contribution in [2.75, 3.05) is 23.9 Å². The zero-order valence-electron chi connectivity index (χ0n) is 13.4. The fourth-order valence-corrected chi connectivity index (χ4v) is 7.44. The van der Waals surface area contributed by atoms with E-state index in [1.165, 1.54) is 12.1 Å². The maximum absolute atomic E-state index is 13.3. The van der Waals surface area contributed by atoms with Crippen molar-refractivity contribution >= 4 is 105 Å². The second-order valence-corrected chi connectivity index (χ2v) is 11.7. The fourth-order valence-electron chi connectivity index (χ4n) is 2.11. The molecule has 0 radical (unpaired) electrons. The minimum Gasteiger partial charge on any atom is -0.490 e. The minimum atomic E-state index is -3.85. The van der Waals surface area contributed by atoms with Crippen LogP contribution in [0.25, 0.3) is 0 Å². The summed E-state index contributed by atoms with van der Waals surface area (Å²) in [6, 6.07) is 6.35. The number of ether oxygens (including phenoxy) is 2. The Hall–Kier alpha value is 0.870. The van der Waals surface area contributed by atoms with Gasteiger partial charge in [-0.1, -0.05) is 31.9 Å². The number of sulfone groups is 1. The van der Waals surface area contributed by atoms with E-state index >= 15 is 0 Å². The lowest BCUT2D eigenvalue weighted by atomic mass is 10.3. The smallest absolute Gasteiger partial charge is 0.209 e. The van der Waals surface area contributed by atoms with Crippen molar-refractivity contribution in [2.45, 2.75) is 9.79 Å². The summed E-state index contributed by atoms with van der Waals surface area (Å²) in [6.07, 6.45) is 0. The molecule has 2 aromatic carbocycles. The van der Waals surface area contributed by atoms with E-state index in [0.717, 1.165) is 0 Å². The first kappa shape index (κ1) is 24.1. The monoisotopic (exact) mass is 774 g/mol. The van der Waals surface area contributed by atoms with Crippen LogP contribution >= 0.6 is 95.6 Å². The molecule has 0 fully saturated rings. The van der Waals surface area contributed by atoms with Crippen molar-refractivity contribution in [3.8, 4) is 11.5 Å². The van der Waals surface area contributed by atoms with E-state index in [1.807, 2.05) is 0 Å². The van der Waals surface area contributed by atoms with Crippen LogP contribution in [0.5, 0.6) is 11.5 Å². The third kappa shape index (κ3) is 5.52. The maximum Gasteiger partial charge on any atom is 0.209 e. The Morgan fingerprint density at radius 3 is 1.41 bits per heavy atom. The lowest BCUT2D eigenvalue weighted by Gasteiger charge is -2.16. The lowest BCUT2D eigenvalue weighted by Crippen LogP contribution is -2.08. The van der Waals surface area contributed by atoms with Crippen LogP contribution in [0.2, 0.25) is 0 Å². The summed E-state index contributed by atoms with van der Waals surface area (Å²) in [5.41, 5.74) is 0. The van der Waals surface area contributed by atoms with Gasteiger partial charge >= 0.3 is 0 Å². The topological polar surface area (TPSA) is 52.6 Å². The highest BCUT2D eigenvalue weighted by Gasteiger charge is 2.28. The molecular formula is C16H12Br6O4S. The van der Waals surface area contributed by atoms with E-state index in [0.29, 0.717) is 53.3 Å². The molecule has 0 aliphatic heterocycles. The molecule has 2 rings (SSSR count). The molecule has 0 amide bonds. The number of benzene rings is 2. The molecule has 0 bridgehead atoms. The summed E-state index contributed by atoms with van der Waals surface area (Å²) in [4.78, 5) is 0.203. The molecule has 0 spiro atoms. The average Bonchev–Trinajstić information content (AvgIpc) is 2.61. The van der Waals surface area contributed by atoms with Crippen LogP contribution in [0, 0.1) is 0 Å². The summed E-state index contributed by atoms with van der Waals surface area (Å²) < 4.78 is 40.0. The van der Waals surface area contributed by atoms with Gasteiger partial charge in [0.2, 0.25) is 9.84 Å². The van der Waals surface area contributed by atoms with Crippen molar-refractivity contribution < 1.29 is 17.9 Å². The molecule has 0 aromatic heterocycles. The van der Waals surface area contributed by atoms with E-state index in [4.69, 9.17) is 9.47 Å². The quantitative estimate of drug-likeness (QED) is 0.268. The summed E-state index contributed by atoms with van der Waals surface area (Å²) in [5, 5.41) is 1.24. The van der Waals surface area contributed by atoms with Crippen LogP contribution in [0.3, 0.4) is 0 Å². The Kier molecular flexibility index (Phi) is 9.63. The lowest BCUT2D eigenvalue weighted by molar-refractivity contribution is 0.339. The van der Waals surface area contributed by atoms with Crippen LogP contribution < -0.4 is 9.47 Å². The predicted molar refractivity (Wildman–Crippen MR) is 128 cm³/mol. The Balaban J connectivity index is 2.60. The van der Waals surface area contributed by atoms with Gasteiger partial charge in [0.1, 0.15) is 11.5 Å². The number of halogens is 6. The summed E-state index contributed by atoms with van der Waals surface area (Å²) >= 11 is 20.1. The third-order valence-corrected chi connectivity index (χ3v) is 9.09. The molecule has 0 saturated carbocycles. The number of hydrogen-bond donors (Lipinski definition) is 0. The molecule has 0 heterocycles. The van der Waals surface area contributed by atoms with Crippen molar-refractivity contribution in [3.05, 3.63) is 42.2 Å². The van der Waals surface area contributed by atoms with Crippen molar-refractivity contribution in [2.24, 2.45) is 0 Å². The number of hydrogen-bond acceptors (Lipinski definition) is 4. The standard InChI is InChI=1S/C16H12Br6O4S/c17-5-7-25-15-9(19)1-3-11(13(15)21)27(23,24)12-4-2-10(20)16(14(12)22)26-8-6-18/h1-4H,5-8H2. The highest BCUT2D eigenvalue weighted by molar-refractivity contribution is 9.11. The first-order chi connectivity index (χ1) is 12.8. The Morgan fingerprint density at radius 2 is 1.07 bits per heavy atom. The zero-order valence-corrected chi connectivity index (χ0v) is 23.8. The molecule has 4 nitrogen and oxygen atoms in total. The van der Waals surface area contributed by atoms with E-state index < -0.39 is 9.84 Å². The summed E-state index contributed by atoms with van der Waals surface area (Å²) in [7, 11) is -3.85. The van der Waals surface area contributed by atoms with Crippen LogP contribution in [-0.4, -0.2) is 32.3 Å². The van der Waals surface area contributed by atoms with Gasteiger partial charge < -0.3 is 9.47 Å². The highest BCUT2D eigenvalue weighted by Crippen LogP contribution is 2.44. The van der Waals surface area contributed by atoms with Crippen molar-refractivity contribution in [1.82, 2.24) is 0 Å². The molecule has 0 aliphatic rings. The van der Waals surface area contributed by atoms with Crippen LogP contribution in [0.4, 0.5) is 0 Å². The van der Waals surface area contributed by atoms with Gasteiger partial charge in [0.15, 0.2) is 0 Å². The minimum absolute atomic E-state index is 0.102. The first-order valence-electron chi connectivity index (χ1n) is 7.34. The van der Waals surface area contributed by atoms with Gasteiger partial charge in [-0.05, 0) is 88.0 Å². The second kappa shape index (κ2) is 10.8. The van der Waals surface area contributed by atoms with Crippen LogP contribution in [-0.2, 0) is 9.84 Å². The maximum atomic E-state index is 13.3. The average molecular weight is 780 g/mol. The third-order valence-electron chi connectivity index (χ3n) is 3.25. The number of rotatable bonds is 8. The molecular weight excluding hydrogens is 768 g/mol. The normalized spacial score (nSPS) is 11.5. The zero-order chi connectivity index (χ0) is 20.2. The molecule has 148 valence electrons. The van der Waals surface area contributed by atoms with Gasteiger partial charge in [-0.15, -0.1) is 0 Å². The van der Waals surface area contributed by atoms with E-state index in [1.54, 1.807) is 12.1 Å². The SMILES string of the molecule is O=S(=O)(c1ccc(Br)c(OCCBr)c1Br)c1ccc(Br)c(OCCBr)c1Br. The Bertz CT molecular complexity index is 863. The first-order valence-corrected chi connectivity index (χ1v) is 14.2. The van der Waals surface area contributed by atoms with Gasteiger partial charge in [-0.3, -0.25) is 0 Å². The Morgan fingerprint density at radius 1 is 0.704 bits per heavy atom. The molecule has 27 heavy (non-hydrogen) atoms. The van der Waals surface area contributed by atoms with Gasteiger partial charge in [-0.2, -0.15) is 0 Å². The van der Waals surface area contributed by atoms with Gasteiger partial charge in [-0.25, -0.2) is 8.42 Å². The van der Waals surface area contributed by atoms with E-state index in [-0.39, 0.29) is 9.79 Å². The molecule has 0 saturated heterocycles. The molecule has 0 atom stereocenters. The van der Waals surface area contributed by atoms with Gasteiger partial charge in [0.05, 0.1) is 40.9 Å². The van der Waals surface area contributed by atoms with Crippen molar-refractivity contribution in [3.63, 3.8) is 0 Å². The van der Waals surface area contributed by atoms with Crippen LogP contribution in [0.15, 0.2) is 51.9 Å². The predicted octanol–water partition coefficient (Wildman–Crippen LogP) is 7.12. The largest absolute Gasteiger partial charge is 0.490 e.